The molecular formula is C7H8ClN3O2S. The van der Waals surface area contributed by atoms with Gasteiger partial charge in [-0.05, 0) is 12.1 Å². The maximum atomic E-state index is 5.86. The lowest BCUT2D eigenvalue weighted by Crippen LogP contribution is -2.25. The molecule has 1 aromatic rings. The minimum absolute atomic E-state index is 0.0529. The van der Waals surface area contributed by atoms with E-state index in [0.29, 0.717) is 27.9 Å². The second kappa shape index (κ2) is 3.62. The molecule has 2 N–H and O–H groups in total. The molecule has 1 aliphatic rings. The summed E-state index contributed by atoms with van der Waals surface area (Å²) in [6, 6.07) is 0. The normalized spacial score (nSPS) is 21.0. The molecule has 1 unspecified atom stereocenters. The third kappa shape index (κ3) is 1.62. The molecule has 1 atom stereocenters. The number of rotatable bonds is 1. The molecule has 2 heterocycles. The first-order chi connectivity index (χ1) is 6.68. The average Bonchev–Trinajstić information content (AvgIpc) is 2.46. The van der Waals surface area contributed by atoms with Gasteiger partial charge in [-0.2, -0.15) is 0 Å². The van der Waals surface area contributed by atoms with Crippen LogP contribution in [0, 0.1) is 4.64 Å². The van der Waals surface area contributed by atoms with Crippen LogP contribution >= 0.6 is 23.8 Å². The molecule has 0 saturated carbocycles. The van der Waals surface area contributed by atoms with Crippen molar-refractivity contribution in [2.75, 3.05) is 6.61 Å². The van der Waals surface area contributed by atoms with E-state index in [1.54, 1.807) is 0 Å². The van der Waals surface area contributed by atoms with Crippen LogP contribution in [0.5, 0.6) is 0 Å². The third-order valence-corrected chi connectivity index (χ3v) is 2.31. The largest absolute Gasteiger partial charge is 0.468 e. The highest BCUT2D eigenvalue weighted by molar-refractivity contribution is 7.71. The van der Waals surface area contributed by atoms with Gasteiger partial charge in [-0.25, -0.2) is 0 Å². The number of aromatic nitrogens is 2. The Bertz CT molecular complexity index is 425. The maximum absolute atomic E-state index is 5.86. The maximum Gasteiger partial charge on any atom is 0.264 e. The summed E-state index contributed by atoms with van der Waals surface area (Å²) in [5.74, 6) is 0.316. The summed E-state index contributed by atoms with van der Waals surface area (Å²) in [4.78, 5) is 4.96. The van der Waals surface area contributed by atoms with Gasteiger partial charge in [0.2, 0.25) is 0 Å². The number of nitrogens with one attached hydrogen (secondary N) is 2. The fourth-order valence-corrected chi connectivity index (χ4v) is 1.60. The summed E-state index contributed by atoms with van der Waals surface area (Å²) < 4.78 is 5.88. The molecule has 1 aromatic heterocycles. The van der Waals surface area contributed by atoms with Crippen LogP contribution in [0.3, 0.4) is 0 Å². The summed E-state index contributed by atoms with van der Waals surface area (Å²) in [6.45, 7) is 2.31. The first kappa shape index (κ1) is 9.54. The van der Waals surface area contributed by atoms with Crippen molar-refractivity contribution in [1.29, 1.82) is 0 Å². The molecule has 5 nitrogen and oxygen atoms in total. The predicted octanol–water partition coefficient (Wildman–Crippen LogP) is 1.82. The van der Waals surface area contributed by atoms with Gasteiger partial charge >= 0.3 is 0 Å². The van der Waals surface area contributed by atoms with Gasteiger partial charge in [0.25, 0.3) is 5.90 Å². The third-order valence-electron chi connectivity index (χ3n) is 1.72. The molecule has 0 amide bonds. The molecule has 0 radical (unpaired) electrons. The van der Waals surface area contributed by atoms with Crippen molar-refractivity contribution in [3.8, 4) is 0 Å². The highest BCUT2D eigenvalue weighted by Gasteiger charge is 2.21. The monoisotopic (exact) mass is 233 g/mol. The van der Waals surface area contributed by atoms with Crippen molar-refractivity contribution < 1.29 is 9.57 Å². The molecule has 0 aliphatic carbocycles. The first-order valence-electron chi connectivity index (χ1n) is 4.01. The lowest BCUT2D eigenvalue weighted by Gasteiger charge is -2.18. The summed E-state index contributed by atoms with van der Waals surface area (Å²) in [7, 11) is 0. The Kier molecular flexibility index (Phi) is 2.47. The van der Waals surface area contributed by atoms with E-state index in [-0.39, 0.29) is 6.10 Å². The fraction of sp³-hybridized carbons (Fsp3) is 0.429. The molecule has 7 heteroatoms. The number of halogens is 1. The number of aromatic amines is 2. The Labute approximate surface area is 90.0 Å². The van der Waals surface area contributed by atoms with E-state index in [0.717, 1.165) is 0 Å². The smallest absolute Gasteiger partial charge is 0.264 e. The van der Waals surface area contributed by atoms with Crippen LogP contribution in [-0.4, -0.2) is 28.8 Å². The van der Waals surface area contributed by atoms with Crippen molar-refractivity contribution in [3.05, 3.63) is 15.4 Å². The molecule has 0 spiro atoms. The Morgan fingerprint density at radius 1 is 1.57 bits per heavy atom. The zero-order valence-corrected chi connectivity index (χ0v) is 8.91. The van der Waals surface area contributed by atoms with E-state index >= 15 is 0 Å². The van der Waals surface area contributed by atoms with E-state index in [9.17, 15) is 0 Å². The lowest BCUT2D eigenvalue weighted by atomic mass is 10.3. The number of hydrogen-bond donors (Lipinski definition) is 2. The molecule has 14 heavy (non-hydrogen) atoms. The highest BCUT2D eigenvalue weighted by Crippen LogP contribution is 2.18. The highest BCUT2D eigenvalue weighted by atomic mass is 35.5. The standard InChI is InChI=1S/C7H8ClN3O2S/c1-3-2-12-11-6(13-3)4-5(8)9-10-7(4)14/h3H,2H2,1H3,(H2,9,10,14). The number of nitrogens with zero attached hydrogens (tertiary/aromatic N) is 1. The molecule has 76 valence electrons. The van der Waals surface area contributed by atoms with Crippen molar-refractivity contribution in [1.82, 2.24) is 10.2 Å². The van der Waals surface area contributed by atoms with Crippen LogP contribution < -0.4 is 0 Å². The first-order valence-corrected chi connectivity index (χ1v) is 4.80. The fourth-order valence-electron chi connectivity index (χ4n) is 1.08. The van der Waals surface area contributed by atoms with Crippen LogP contribution in [0.2, 0.25) is 5.15 Å². The molecule has 0 bridgehead atoms. The van der Waals surface area contributed by atoms with Gasteiger partial charge in [-0.3, -0.25) is 10.2 Å². The van der Waals surface area contributed by atoms with Crippen LogP contribution in [0.25, 0.3) is 0 Å². The predicted molar refractivity (Wildman–Crippen MR) is 54.0 cm³/mol. The summed E-state index contributed by atoms with van der Waals surface area (Å²) in [5, 5.41) is 9.47. The molecule has 1 aliphatic heterocycles. The van der Waals surface area contributed by atoms with Gasteiger partial charge in [0, 0.05) is 0 Å². The lowest BCUT2D eigenvalue weighted by molar-refractivity contribution is 0.0196. The van der Waals surface area contributed by atoms with Crippen molar-refractivity contribution in [2.45, 2.75) is 13.0 Å². The van der Waals surface area contributed by atoms with Gasteiger partial charge in [0.15, 0.2) is 6.61 Å². The van der Waals surface area contributed by atoms with E-state index in [1.165, 1.54) is 0 Å². The average molecular weight is 234 g/mol. The van der Waals surface area contributed by atoms with Crippen LogP contribution in [0.4, 0.5) is 0 Å². The number of ether oxygens (including phenoxy) is 1. The zero-order valence-electron chi connectivity index (χ0n) is 7.33. The van der Waals surface area contributed by atoms with Gasteiger partial charge in [0.05, 0.1) is 0 Å². The topological polar surface area (TPSA) is 62.4 Å². The van der Waals surface area contributed by atoms with Crippen LogP contribution in [0.1, 0.15) is 12.5 Å². The van der Waals surface area contributed by atoms with Gasteiger partial charge in [-0.1, -0.05) is 23.8 Å². The SMILES string of the molecule is CC1CON=C(c2c(Cl)[nH][nH]c2=S)O1. The Hall–Kier alpha value is -1.01. The molecule has 0 saturated heterocycles. The second-order valence-electron chi connectivity index (χ2n) is 2.89. The zero-order chi connectivity index (χ0) is 10.1. The Morgan fingerprint density at radius 2 is 2.36 bits per heavy atom. The van der Waals surface area contributed by atoms with Crippen LogP contribution in [-0.2, 0) is 9.57 Å². The van der Waals surface area contributed by atoms with Crippen molar-refractivity contribution in [3.63, 3.8) is 0 Å². The number of H-pyrrole nitrogens is 2. The molecule has 0 fully saturated rings. The van der Waals surface area contributed by atoms with Crippen molar-refractivity contribution in [2.24, 2.45) is 5.16 Å². The minimum Gasteiger partial charge on any atom is -0.468 e. The summed E-state index contributed by atoms with van der Waals surface area (Å²) >= 11 is 10.9. The number of oxime groups is 1. The quantitative estimate of drug-likeness (QED) is 0.728. The molecule has 2 rings (SSSR count). The van der Waals surface area contributed by atoms with Gasteiger partial charge < -0.3 is 9.57 Å². The summed E-state index contributed by atoms with van der Waals surface area (Å²) in [5.41, 5.74) is 0.535. The van der Waals surface area contributed by atoms with E-state index in [1.807, 2.05) is 6.92 Å². The Balaban J connectivity index is 2.40. The van der Waals surface area contributed by atoms with E-state index in [4.69, 9.17) is 33.4 Å². The van der Waals surface area contributed by atoms with Gasteiger partial charge in [0.1, 0.15) is 21.5 Å². The minimum atomic E-state index is -0.0529. The van der Waals surface area contributed by atoms with Crippen molar-refractivity contribution >= 4 is 29.7 Å². The Morgan fingerprint density at radius 3 is 2.93 bits per heavy atom. The van der Waals surface area contributed by atoms with E-state index in [2.05, 4.69) is 15.4 Å². The molecular weight excluding hydrogens is 226 g/mol. The van der Waals surface area contributed by atoms with Crippen LogP contribution in [0.15, 0.2) is 5.16 Å². The second-order valence-corrected chi connectivity index (χ2v) is 3.67. The molecule has 0 aromatic carbocycles. The van der Waals surface area contributed by atoms with E-state index < -0.39 is 0 Å². The van der Waals surface area contributed by atoms with Gasteiger partial charge in [-0.15, -0.1) is 0 Å². The summed E-state index contributed by atoms with van der Waals surface area (Å²) in [6.07, 6.45) is -0.0529. The number of hydrogen-bond acceptors (Lipinski definition) is 4.